The molecule has 0 spiro atoms. The highest BCUT2D eigenvalue weighted by Crippen LogP contribution is 2.35. The van der Waals surface area contributed by atoms with Crippen molar-refractivity contribution in [2.24, 2.45) is 5.92 Å². The molecule has 2 heterocycles. The highest BCUT2D eigenvalue weighted by atomic mass is 79.9. The molecular formula is C13H16BrF3N2O. The van der Waals surface area contributed by atoms with Crippen molar-refractivity contribution in [3.8, 4) is 0 Å². The molecule has 0 N–H and O–H groups in total. The second-order valence-electron chi connectivity index (χ2n) is 5.09. The summed E-state index contributed by atoms with van der Waals surface area (Å²) in [5.41, 5.74) is -0.754. The summed E-state index contributed by atoms with van der Waals surface area (Å²) in [7, 11) is 0. The number of alkyl halides is 3. The molecule has 2 rings (SSSR count). The van der Waals surface area contributed by atoms with Crippen molar-refractivity contribution in [3.63, 3.8) is 0 Å². The number of halogens is 4. The fourth-order valence-electron chi connectivity index (χ4n) is 2.26. The van der Waals surface area contributed by atoms with Crippen molar-refractivity contribution in [1.82, 2.24) is 4.98 Å². The molecule has 7 heteroatoms. The number of pyridine rings is 1. The van der Waals surface area contributed by atoms with Crippen LogP contribution in [0, 0.1) is 5.92 Å². The molecule has 1 aromatic heterocycles. The van der Waals surface area contributed by atoms with Gasteiger partial charge in [-0.05, 0) is 34.0 Å². The first-order valence-corrected chi connectivity index (χ1v) is 7.18. The van der Waals surface area contributed by atoms with Gasteiger partial charge in [0, 0.05) is 6.54 Å². The van der Waals surface area contributed by atoms with Crippen LogP contribution in [-0.2, 0) is 10.9 Å². The monoisotopic (exact) mass is 352 g/mol. The van der Waals surface area contributed by atoms with Gasteiger partial charge < -0.3 is 9.64 Å². The number of ether oxygens (including phenoxy) is 1. The van der Waals surface area contributed by atoms with Gasteiger partial charge in [0.15, 0.2) is 0 Å². The van der Waals surface area contributed by atoms with E-state index in [0.29, 0.717) is 31.5 Å². The second-order valence-corrected chi connectivity index (χ2v) is 5.84. The lowest BCUT2D eigenvalue weighted by molar-refractivity contribution is -0.138. The minimum Gasteiger partial charge on any atom is -0.377 e. The summed E-state index contributed by atoms with van der Waals surface area (Å²) in [6, 6.07) is 2.62. The first-order valence-electron chi connectivity index (χ1n) is 6.39. The van der Waals surface area contributed by atoms with E-state index < -0.39 is 11.7 Å². The Morgan fingerprint density at radius 2 is 2.10 bits per heavy atom. The molecule has 0 aromatic carbocycles. The first kappa shape index (κ1) is 15.6. The van der Waals surface area contributed by atoms with E-state index >= 15 is 0 Å². The second kappa shape index (κ2) is 5.89. The normalized spacial score (nSPS) is 20.6. The topological polar surface area (TPSA) is 25.4 Å². The Bertz CT molecular complexity index is 479. The zero-order valence-corrected chi connectivity index (χ0v) is 12.8. The lowest BCUT2D eigenvalue weighted by Gasteiger charge is -2.39. The lowest BCUT2D eigenvalue weighted by atomic mass is 10.0. The number of aromatic nitrogens is 1. The molecule has 1 aliphatic rings. The van der Waals surface area contributed by atoms with E-state index in [2.05, 4.69) is 34.8 Å². The van der Waals surface area contributed by atoms with Crippen LogP contribution in [0.1, 0.15) is 19.4 Å². The Morgan fingerprint density at radius 3 is 2.65 bits per heavy atom. The lowest BCUT2D eigenvalue weighted by Crippen LogP contribution is -2.48. The maximum Gasteiger partial charge on any atom is 0.419 e. The van der Waals surface area contributed by atoms with E-state index in [9.17, 15) is 13.2 Å². The van der Waals surface area contributed by atoms with Crippen LogP contribution in [0.2, 0.25) is 0 Å². The molecule has 0 bridgehead atoms. The van der Waals surface area contributed by atoms with Crippen LogP contribution in [0.5, 0.6) is 0 Å². The van der Waals surface area contributed by atoms with Crippen molar-refractivity contribution in [2.75, 3.05) is 24.7 Å². The Kier molecular flexibility index (Phi) is 4.59. The summed E-state index contributed by atoms with van der Waals surface area (Å²) in [4.78, 5) is 6.08. The van der Waals surface area contributed by atoms with Gasteiger partial charge in [-0.3, -0.25) is 0 Å². The van der Waals surface area contributed by atoms with Gasteiger partial charge in [-0.2, -0.15) is 13.2 Å². The van der Waals surface area contributed by atoms with Crippen LogP contribution in [0.15, 0.2) is 16.7 Å². The predicted molar refractivity (Wildman–Crippen MR) is 73.7 cm³/mol. The minimum absolute atomic E-state index is 0.125. The third-order valence-corrected chi connectivity index (χ3v) is 3.97. The maximum absolute atomic E-state index is 12.7. The van der Waals surface area contributed by atoms with E-state index in [1.54, 1.807) is 0 Å². The summed E-state index contributed by atoms with van der Waals surface area (Å²) in [5.74, 6) is 0.880. The minimum atomic E-state index is -4.40. The zero-order valence-electron chi connectivity index (χ0n) is 11.2. The Morgan fingerprint density at radius 1 is 1.40 bits per heavy atom. The average molecular weight is 353 g/mol. The molecule has 1 atom stereocenters. The van der Waals surface area contributed by atoms with Gasteiger partial charge in [-0.25, -0.2) is 4.98 Å². The summed E-state index contributed by atoms with van der Waals surface area (Å²) in [6.07, 6.45) is -4.40. The highest BCUT2D eigenvalue weighted by Gasteiger charge is 2.35. The summed E-state index contributed by atoms with van der Waals surface area (Å²) in [5, 5.41) is 0. The molecular weight excluding hydrogens is 337 g/mol. The molecule has 3 nitrogen and oxygen atoms in total. The molecule has 0 amide bonds. The van der Waals surface area contributed by atoms with Gasteiger partial charge in [0.2, 0.25) is 0 Å². The number of hydrogen-bond donors (Lipinski definition) is 0. The smallest absolute Gasteiger partial charge is 0.377 e. The molecule has 0 saturated carbocycles. The average Bonchev–Trinajstić information content (AvgIpc) is 2.37. The number of anilines is 1. The zero-order chi connectivity index (χ0) is 14.9. The Labute approximate surface area is 124 Å². The standard InChI is InChI=1S/C13H16BrF3N2O/c1-8(2)10-7-20-6-5-19(10)11-4-3-9(12(14)18-11)13(15,16)17/h3-4,8,10H,5-7H2,1-2H3/t10-/m1/s1. The Hall–Kier alpha value is -0.820. The SMILES string of the molecule is CC(C)[C@H]1COCCN1c1ccc(C(F)(F)F)c(Br)n1. The van der Waals surface area contributed by atoms with E-state index in [1.165, 1.54) is 6.07 Å². The third-order valence-electron chi connectivity index (χ3n) is 3.37. The summed E-state index contributed by atoms with van der Waals surface area (Å²) < 4.78 is 43.4. The third kappa shape index (κ3) is 3.25. The van der Waals surface area contributed by atoms with Crippen molar-refractivity contribution < 1.29 is 17.9 Å². The van der Waals surface area contributed by atoms with Crippen molar-refractivity contribution in [1.29, 1.82) is 0 Å². The molecule has 0 unspecified atom stereocenters. The van der Waals surface area contributed by atoms with Crippen LogP contribution in [-0.4, -0.2) is 30.8 Å². The first-order chi connectivity index (χ1) is 9.30. The van der Waals surface area contributed by atoms with Gasteiger partial charge in [0.25, 0.3) is 0 Å². The van der Waals surface area contributed by atoms with Crippen molar-refractivity contribution >= 4 is 21.7 Å². The molecule has 1 saturated heterocycles. The molecule has 1 fully saturated rings. The molecule has 20 heavy (non-hydrogen) atoms. The van der Waals surface area contributed by atoms with E-state index in [-0.39, 0.29) is 10.6 Å². The van der Waals surface area contributed by atoms with Gasteiger partial charge in [0.1, 0.15) is 10.4 Å². The largest absolute Gasteiger partial charge is 0.419 e. The maximum atomic E-state index is 12.7. The summed E-state index contributed by atoms with van der Waals surface area (Å²) >= 11 is 2.92. The number of nitrogens with zero attached hydrogens (tertiary/aromatic N) is 2. The van der Waals surface area contributed by atoms with Crippen molar-refractivity contribution in [2.45, 2.75) is 26.1 Å². The quantitative estimate of drug-likeness (QED) is 0.758. The molecule has 1 aliphatic heterocycles. The summed E-state index contributed by atoms with van der Waals surface area (Å²) in [6.45, 7) is 5.88. The fraction of sp³-hybridized carbons (Fsp3) is 0.615. The van der Waals surface area contributed by atoms with Gasteiger partial charge in [0.05, 0.1) is 24.8 Å². The van der Waals surface area contributed by atoms with Crippen LogP contribution in [0.25, 0.3) is 0 Å². The van der Waals surface area contributed by atoms with E-state index in [4.69, 9.17) is 4.74 Å². The van der Waals surface area contributed by atoms with Crippen LogP contribution in [0.3, 0.4) is 0 Å². The van der Waals surface area contributed by atoms with E-state index in [1.807, 2.05) is 4.90 Å². The van der Waals surface area contributed by atoms with Crippen LogP contribution in [0.4, 0.5) is 19.0 Å². The van der Waals surface area contributed by atoms with Gasteiger partial charge in [-0.15, -0.1) is 0 Å². The molecule has 1 aromatic rings. The Balaban J connectivity index is 2.30. The molecule has 112 valence electrons. The highest BCUT2D eigenvalue weighted by molar-refractivity contribution is 9.10. The van der Waals surface area contributed by atoms with Crippen molar-refractivity contribution in [3.05, 3.63) is 22.3 Å². The van der Waals surface area contributed by atoms with E-state index in [0.717, 1.165) is 6.07 Å². The van der Waals surface area contributed by atoms with Gasteiger partial charge in [-0.1, -0.05) is 13.8 Å². The molecule has 0 radical (unpaired) electrons. The number of hydrogen-bond acceptors (Lipinski definition) is 3. The van der Waals surface area contributed by atoms with Gasteiger partial charge >= 0.3 is 6.18 Å². The number of rotatable bonds is 2. The van der Waals surface area contributed by atoms with Crippen LogP contribution >= 0.6 is 15.9 Å². The molecule has 0 aliphatic carbocycles. The number of morpholine rings is 1. The van der Waals surface area contributed by atoms with Crippen LogP contribution < -0.4 is 4.90 Å². The fourth-order valence-corrected chi connectivity index (χ4v) is 2.79. The predicted octanol–water partition coefficient (Wildman–Crippen LogP) is 3.72.